The lowest BCUT2D eigenvalue weighted by atomic mass is 10.0. The number of hydrogen-bond donors (Lipinski definition) is 0. The van der Waals surface area contributed by atoms with Crippen LogP contribution in [0.15, 0.2) is 36.4 Å². The van der Waals surface area contributed by atoms with Crippen LogP contribution in [0.5, 0.6) is 0 Å². The second kappa shape index (κ2) is 4.69. The quantitative estimate of drug-likeness (QED) is 0.736. The molecule has 0 bridgehead atoms. The summed E-state index contributed by atoms with van der Waals surface area (Å²) in [6.07, 6.45) is 0. The first-order valence-corrected chi connectivity index (χ1v) is 5.56. The molecule has 2 rings (SSSR count). The Bertz CT molecular complexity index is 564. The predicted molar refractivity (Wildman–Crippen MR) is 65.7 cm³/mol. The summed E-state index contributed by atoms with van der Waals surface area (Å²) in [5, 5.41) is 0. The first-order chi connectivity index (χ1) is 8.49. The zero-order chi connectivity index (χ0) is 13.3. The van der Waals surface area contributed by atoms with Gasteiger partial charge in [0.2, 0.25) is 0 Å². The average Bonchev–Trinajstić information content (AvgIpc) is 2.35. The molecule has 0 heterocycles. The number of carbonyl (C=O) groups is 1. The maximum Gasteiger partial charge on any atom is 0.193 e. The molecule has 0 saturated carbocycles. The predicted octanol–water partition coefficient (Wildman–Crippen LogP) is 3.81. The van der Waals surface area contributed by atoms with Crippen molar-refractivity contribution in [1.82, 2.24) is 0 Å². The second-order valence-electron chi connectivity index (χ2n) is 4.26. The van der Waals surface area contributed by atoms with Crippen LogP contribution >= 0.6 is 0 Å². The summed E-state index contributed by atoms with van der Waals surface area (Å²) >= 11 is 0. The normalized spacial score (nSPS) is 10.4. The van der Waals surface area contributed by atoms with Crippen molar-refractivity contribution in [2.24, 2.45) is 0 Å². The number of ketones is 1. The van der Waals surface area contributed by atoms with Gasteiger partial charge >= 0.3 is 0 Å². The fourth-order valence-electron chi connectivity index (χ4n) is 1.69. The summed E-state index contributed by atoms with van der Waals surface area (Å²) in [4.78, 5) is 12.1. The summed E-state index contributed by atoms with van der Waals surface area (Å²) in [5.74, 6) is -1.08. The molecule has 0 atom stereocenters. The lowest BCUT2D eigenvalue weighted by molar-refractivity contribution is 0.103. The van der Waals surface area contributed by atoms with Gasteiger partial charge in [-0.05, 0) is 49.2 Å². The van der Waals surface area contributed by atoms with Crippen LogP contribution in [0.1, 0.15) is 27.0 Å². The maximum atomic E-state index is 13.4. The number of halogens is 2. The average molecular weight is 246 g/mol. The Morgan fingerprint density at radius 1 is 0.833 bits per heavy atom. The van der Waals surface area contributed by atoms with Crippen molar-refractivity contribution in [3.63, 3.8) is 0 Å². The van der Waals surface area contributed by atoms with E-state index in [1.165, 1.54) is 24.3 Å². The Morgan fingerprint density at radius 3 is 2.06 bits per heavy atom. The summed E-state index contributed by atoms with van der Waals surface area (Å²) in [6.45, 7) is 3.22. The van der Waals surface area contributed by atoms with Crippen LogP contribution in [0.4, 0.5) is 8.78 Å². The van der Waals surface area contributed by atoms with Crippen LogP contribution in [-0.2, 0) is 0 Å². The molecule has 0 spiro atoms. The topological polar surface area (TPSA) is 17.1 Å². The summed E-state index contributed by atoms with van der Waals surface area (Å²) < 4.78 is 26.5. The van der Waals surface area contributed by atoms with Gasteiger partial charge < -0.3 is 0 Å². The fraction of sp³-hybridized carbons (Fsp3) is 0.133. The maximum absolute atomic E-state index is 13.4. The molecule has 0 aliphatic rings. The first-order valence-electron chi connectivity index (χ1n) is 5.56. The van der Waals surface area contributed by atoms with Crippen LogP contribution < -0.4 is 0 Å². The van der Waals surface area contributed by atoms with E-state index >= 15 is 0 Å². The SMILES string of the molecule is Cc1cc(C(=O)c2ccc(C)c(F)c2)ccc1F. The van der Waals surface area contributed by atoms with Crippen molar-refractivity contribution in [3.05, 3.63) is 70.3 Å². The third kappa shape index (κ3) is 2.30. The lowest BCUT2D eigenvalue weighted by Crippen LogP contribution is -2.03. The molecule has 92 valence electrons. The van der Waals surface area contributed by atoms with Crippen LogP contribution in [0.2, 0.25) is 0 Å². The van der Waals surface area contributed by atoms with Crippen LogP contribution in [-0.4, -0.2) is 5.78 Å². The molecule has 0 radical (unpaired) electrons. The zero-order valence-corrected chi connectivity index (χ0v) is 10.1. The van der Waals surface area contributed by atoms with Crippen molar-refractivity contribution < 1.29 is 13.6 Å². The zero-order valence-electron chi connectivity index (χ0n) is 10.1. The van der Waals surface area contributed by atoms with Gasteiger partial charge in [0.05, 0.1) is 0 Å². The smallest absolute Gasteiger partial charge is 0.193 e. The highest BCUT2D eigenvalue weighted by atomic mass is 19.1. The monoisotopic (exact) mass is 246 g/mol. The van der Waals surface area contributed by atoms with Crippen molar-refractivity contribution in [3.8, 4) is 0 Å². The number of aryl methyl sites for hydroxylation is 2. The number of carbonyl (C=O) groups excluding carboxylic acids is 1. The summed E-state index contributed by atoms with van der Waals surface area (Å²) in [5.41, 5.74) is 1.51. The van der Waals surface area contributed by atoms with Gasteiger partial charge in [-0.25, -0.2) is 8.78 Å². The molecule has 18 heavy (non-hydrogen) atoms. The molecule has 0 amide bonds. The van der Waals surface area contributed by atoms with E-state index in [1.807, 2.05) is 0 Å². The summed E-state index contributed by atoms with van der Waals surface area (Å²) in [6, 6.07) is 8.44. The van der Waals surface area contributed by atoms with Gasteiger partial charge in [0, 0.05) is 11.1 Å². The third-order valence-corrected chi connectivity index (χ3v) is 2.85. The van der Waals surface area contributed by atoms with E-state index in [-0.39, 0.29) is 17.2 Å². The Balaban J connectivity index is 2.41. The molecule has 0 N–H and O–H groups in total. The van der Waals surface area contributed by atoms with Crippen molar-refractivity contribution in [2.45, 2.75) is 13.8 Å². The molecule has 0 aliphatic carbocycles. The van der Waals surface area contributed by atoms with Gasteiger partial charge in [-0.3, -0.25) is 4.79 Å². The number of rotatable bonds is 2. The highest BCUT2D eigenvalue weighted by Crippen LogP contribution is 2.16. The molecule has 0 unspecified atom stereocenters. The van der Waals surface area contributed by atoms with Gasteiger partial charge in [-0.2, -0.15) is 0 Å². The molecule has 2 aromatic rings. The van der Waals surface area contributed by atoms with Crippen molar-refractivity contribution in [2.75, 3.05) is 0 Å². The molecular weight excluding hydrogens is 234 g/mol. The van der Waals surface area contributed by atoms with E-state index in [0.29, 0.717) is 16.7 Å². The van der Waals surface area contributed by atoms with E-state index in [2.05, 4.69) is 0 Å². The molecule has 0 saturated heterocycles. The van der Waals surface area contributed by atoms with Gasteiger partial charge in [-0.1, -0.05) is 12.1 Å². The minimum atomic E-state index is -0.417. The Labute approximate surface area is 104 Å². The van der Waals surface area contributed by atoms with E-state index in [1.54, 1.807) is 26.0 Å². The molecule has 0 fully saturated rings. The van der Waals surface area contributed by atoms with E-state index in [9.17, 15) is 13.6 Å². The highest BCUT2D eigenvalue weighted by molar-refractivity contribution is 6.09. The number of benzene rings is 2. The van der Waals surface area contributed by atoms with Crippen LogP contribution in [0, 0.1) is 25.5 Å². The Hall–Kier alpha value is -2.03. The van der Waals surface area contributed by atoms with E-state index < -0.39 is 5.82 Å². The van der Waals surface area contributed by atoms with Crippen molar-refractivity contribution in [1.29, 1.82) is 0 Å². The lowest BCUT2D eigenvalue weighted by Gasteiger charge is -2.04. The second-order valence-corrected chi connectivity index (χ2v) is 4.26. The van der Waals surface area contributed by atoms with Gasteiger partial charge in [0.15, 0.2) is 5.78 Å². The Morgan fingerprint density at radius 2 is 1.44 bits per heavy atom. The minimum Gasteiger partial charge on any atom is -0.289 e. The van der Waals surface area contributed by atoms with Gasteiger partial charge in [0.25, 0.3) is 0 Å². The molecule has 3 heteroatoms. The molecule has 0 aliphatic heterocycles. The minimum absolute atomic E-state index is 0.268. The van der Waals surface area contributed by atoms with Gasteiger partial charge in [0.1, 0.15) is 11.6 Å². The fourth-order valence-corrected chi connectivity index (χ4v) is 1.69. The molecule has 2 aromatic carbocycles. The molecule has 1 nitrogen and oxygen atoms in total. The van der Waals surface area contributed by atoms with Crippen LogP contribution in [0.25, 0.3) is 0 Å². The highest BCUT2D eigenvalue weighted by Gasteiger charge is 2.12. The van der Waals surface area contributed by atoms with Crippen LogP contribution in [0.3, 0.4) is 0 Å². The van der Waals surface area contributed by atoms with Crippen molar-refractivity contribution >= 4 is 5.78 Å². The Kier molecular flexibility index (Phi) is 3.24. The molecular formula is C15H12F2O. The molecule has 0 aromatic heterocycles. The standard InChI is InChI=1S/C15H12F2O/c1-9-3-4-12(8-14(9)17)15(18)11-5-6-13(16)10(2)7-11/h3-8H,1-2H3. The van der Waals surface area contributed by atoms with E-state index in [0.717, 1.165) is 0 Å². The largest absolute Gasteiger partial charge is 0.289 e. The number of hydrogen-bond acceptors (Lipinski definition) is 1. The van der Waals surface area contributed by atoms with Gasteiger partial charge in [-0.15, -0.1) is 0 Å². The third-order valence-electron chi connectivity index (χ3n) is 2.85. The van der Waals surface area contributed by atoms with E-state index in [4.69, 9.17) is 0 Å². The summed E-state index contributed by atoms with van der Waals surface area (Å²) in [7, 11) is 0. The first kappa shape index (κ1) is 12.4.